The minimum Gasteiger partial charge on any atom is -0.481 e. The maximum atomic E-state index is 14.5. The molecule has 1 N–H and O–H groups in total. The van der Waals surface area contributed by atoms with Crippen LogP contribution in [0, 0.1) is 16.7 Å². The Kier molecular flexibility index (Phi) is 8.77. The van der Waals surface area contributed by atoms with Crippen LogP contribution in [0.2, 0.25) is 10.0 Å². The number of pyridine rings is 1. The van der Waals surface area contributed by atoms with Crippen LogP contribution in [0.15, 0.2) is 18.6 Å². The van der Waals surface area contributed by atoms with E-state index >= 15 is 0 Å². The number of ketones is 1. The van der Waals surface area contributed by atoms with E-state index < -0.39 is 64.4 Å². The molecule has 2 aromatic heterocycles. The average Bonchev–Trinajstić information content (AvgIpc) is 3.22. The van der Waals surface area contributed by atoms with E-state index in [2.05, 4.69) is 10.1 Å². The van der Waals surface area contributed by atoms with Crippen LogP contribution in [-0.2, 0) is 11.0 Å². The first-order valence-corrected chi connectivity index (χ1v) is 13.1. The Morgan fingerprint density at radius 2 is 1.69 bits per heavy atom. The van der Waals surface area contributed by atoms with E-state index in [1.54, 1.807) is 34.6 Å². The number of hydrogen-bond acceptors (Lipinski definition) is 5. The fourth-order valence-electron chi connectivity index (χ4n) is 5.22. The van der Waals surface area contributed by atoms with Crippen LogP contribution in [-0.4, -0.2) is 55.5 Å². The van der Waals surface area contributed by atoms with Crippen molar-refractivity contribution in [1.82, 2.24) is 19.7 Å². The fraction of sp³-hybridized carbons (Fsp3) is 0.577. The van der Waals surface area contributed by atoms with Crippen molar-refractivity contribution in [3.05, 3.63) is 45.5 Å². The Hall–Kier alpha value is -2.66. The molecule has 0 spiro atoms. The Bertz CT molecular complexity index is 1250. The molecule has 1 aliphatic carbocycles. The summed E-state index contributed by atoms with van der Waals surface area (Å²) in [4.78, 5) is 43.3. The SMILES string of the molecule is CC(C)(C)CN(CC(=O)c1c(Cl)cncc1Cl)C(=O)c1cnn([C@H]2CC[C@H](C(=O)O)C(C)(C)C2)c1C(F)(F)F. The maximum absolute atomic E-state index is 14.5. The van der Waals surface area contributed by atoms with Gasteiger partial charge in [-0.15, -0.1) is 0 Å². The molecule has 0 saturated heterocycles. The number of halogens is 5. The molecule has 214 valence electrons. The highest BCUT2D eigenvalue weighted by molar-refractivity contribution is 6.39. The summed E-state index contributed by atoms with van der Waals surface area (Å²) >= 11 is 12.2. The predicted molar refractivity (Wildman–Crippen MR) is 139 cm³/mol. The zero-order valence-corrected chi connectivity index (χ0v) is 23.8. The van der Waals surface area contributed by atoms with Crippen molar-refractivity contribution in [2.45, 2.75) is 66.1 Å². The highest BCUT2D eigenvalue weighted by Gasteiger charge is 2.47. The Morgan fingerprint density at radius 3 is 2.18 bits per heavy atom. The molecule has 0 aromatic carbocycles. The second-order valence-electron chi connectivity index (χ2n) is 11.8. The molecule has 3 rings (SSSR count). The second-order valence-corrected chi connectivity index (χ2v) is 12.6. The number of carbonyl (C=O) groups is 3. The molecule has 0 bridgehead atoms. The molecule has 1 aliphatic rings. The molecule has 0 radical (unpaired) electrons. The van der Waals surface area contributed by atoms with Crippen molar-refractivity contribution in [1.29, 1.82) is 0 Å². The first-order chi connectivity index (χ1) is 17.8. The van der Waals surface area contributed by atoms with E-state index in [0.717, 1.165) is 15.8 Å². The van der Waals surface area contributed by atoms with Crippen LogP contribution in [0.1, 0.15) is 86.3 Å². The summed E-state index contributed by atoms with van der Waals surface area (Å²) in [7, 11) is 0. The highest BCUT2D eigenvalue weighted by atomic mass is 35.5. The zero-order valence-electron chi connectivity index (χ0n) is 22.3. The van der Waals surface area contributed by atoms with E-state index in [-0.39, 0.29) is 41.4 Å². The predicted octanol–water partition coefficient (Wildman–Crippen LogP) is 6.43. The number of carboxylic acids is 1. The van der Waals surface area contributed by atoms with Crippen LogP contribution < -0.4 is 0 Å². The number of carbonyl (C=O) groups excluding carboxylic acids is 2. The lowest BCUT2D eigenvalue weighted by Crippen LogP contribution is -2.42. The number of aliphatic carboxylic acids is 1. The topological polar surface area (TPSA) is 105 Å². The van der Waals surface area contributed by atoms with Crippen molar-refractivity contribution in [3.63, 3.8) is 0 Å². The number of Topliss-reactive ketones (excluding diaryl/α,β-unsaturated/α-hetero) is 1. The summed E-state index contributed by atoms with van der Waals surface area (Å²) in [6.45, 7) is 8.12. The highest BCUT2D eigenvalue weighted by Crippen LogP contribution is 2.47. The summed E-state index contributed by atoms with van der Waals surface area (Å²) < 4.78 is 44.2. The largest absolute Gasteiger partial charge is 0.481 e. The standard InChI is InChI=1S/C26H31Cl2F3N4O4/c1-24(2,3)13-34(12-19(36)20-17(27)10-32-11-18(20)28)22(37)15-9-33-35(21(15)26(29,30)31)14-6-7-16(23(38)39)25(4,5)8-14/h9-11,14,16H,6-8,12-13H2,1-5H3,(H,38,39)/t14-,16+/m0/s1. The van der Waals surface area contributed by atoms with Gasteiger partial charge in [0.15, 0.2) is 11.5 Å². The number of nitrogens with zero attached hydrogens (tertiary/aromatic N) is 4. The van der Waals surface area contributed by atoms with Crippen LogP contribution >= 0.6 is 23.2 Å². The average molecular weight is 591 g/mol. The molecule has 8 nitrogen and oxygen atoms in total. The number of carboxylic acid groups (broad SMARTS) is 1. The summed E-state index contributed by atoms with van der Waals surface area (Å²) in [6.07, 6.45) is -1.19. The molecular weight excluding hydrogens is 560 g/mol. The molecule has 1 amide bonds. The fourth-order valence-corrected chi connectivity index (χ4v) is 5.79. The molecule has 0 aliphatic heterocycles. The second kappa shape index (κ2) is 11.1. The van der Waals surface area contributed by atoms with Crippen molar-refractivity contribution < 1.29 is 32.7 Å². The summed E-state index contributed by atoms with van der Waals surface area (Å²) in [6, 6.07) is -0.763. The minimum atomic E-state index is -4.94. The number of hydrogen-bond donors (Lipinski definition) is 1. The van der Waals surface area contributed by atoms with Crippen LogP contribution in [0.25, 0.3) is 0 Å². The summed E-state index contributed by atoms with van der Waals surface area (Å²) in [5.41, 5.74) is -3.36. The molecule has 13 heteroatoms. The van der Waals surface area contributed by atoms with Gasteiger partial charge in [-0.1, -0.05) is 57.8 Å². The van der Waals surface area contributed by atoms with Gasteiger partial charge in [0, 0.05) is 18.9 Å². The molecule has 1 fully saturated rings. The summed E-state index contributed by atoms with van der Waals surface area (Å²) in [5.74, 6) is -3.38. The van der Waals surface area contributed by atoms with Gasteiger partial charge < -0.3 is 10.0 Å². The first-order valence-electron chi connectivity index (χ1n) is 12.3. The minimum absolute atomic E-state index is 0.0426. The van der Waals surface area contributed by atoms with Gasteiger partial charge in [-0.3, -0.25) is 24.0 Å². The third-order valence-electron chi connectivity index (χ3n) is 6.85. The molecule has 39 heavy (non-hydrogen) atoms. The third-order valence-corrected chi connectivity index (χ3v) is 7.42. The van der Waals surface area contributed by atoms with Gasteiger partial charge in [0.25, 0.3) is 5.91 Å². The maximum Gasteiger partial charge on any atom is 0.433 e. The van der Waals surface area contributed by atoms with E-state index in [1.165, 1.54) is 12.4 Å². The van der Waals surface area contributed by atoms with Crippen molar-refractivity contribution >= 4 is 40.9 Å². The van der Waals surface area contributed by atoms with Crippen molar-refractivity contribution in [3.8, 4) is 0 Å². The van der Waals surface area contributed by atoms with Gasteiger partial charge in [0.2, 0.25) is 0 Å². The van der Waals surface area contributed by atoms with Gasteiger partial charge in [-0.2, -0.15) is 18.3 Å². The van der Waals surface area contributed by atoms with Gasteiger partial charge >= 0.3 is 12.1 Å². The molecule has 2 atom stereocenters. The Morgan fingerprint density at radius 1 is 1.10 bits per heavy atom. The van der Waals surface area contributed by atoms with Gasteiger partial charge in [-0.25, -0.2) is 0 Å². The van der Waals surface area contributed by atoms with Crippen LogP contribution in [0.4, 0.5) is 13.2 Å². The number of alkyl halides is 3. The zero-order chi connectivity index (χ0) is 29.5. The van der Waals surface area contributed by atoms with Gasteiger partial charge in [-0.05, 0) is 30.1 Å². The van der Waals surface area contributed by atoms with E-state index in [1.807, 2.05) is 0 Å². The van der Waals surface area contributed by atoms with E-state index in [9.17, 15) is 32.7 Å². The number of amides is 1. The number of aromatic nitrogens is 3. The third kappa shape index (κ3) is 6.92. The molecule has 1 saturated carbocycles. The molecule has 2 heterocycles. The van der Waals surface area contributed by atoms with E-state index in [0.29, 0.717) is 0 Å². The summed E-state index contributed by atoms with van der Waals surface area (Å²) in [5, 5.41) is 13.4. The Balaban J connectivity index is 2.02. The van der Waals surface area contributed by atoms with Gasteiger partial charge in [0.1, 0.15) is 0 Å². The molecule has 2 aromatic rings. The van der Waals surface area contributed by atoms with E-state index in [4.69, 9.17) is 23.2 Å². The van der Waals surface area contributed by atoms with Crippen LogP contribution in [0.5, 0.6) is 0 Å². The monoisotopic (exact) mass is 590 g/mol. The lowest BCUT2D eigenvalue weighted by molar-refractivity contribution is -0.151. The van der Waals surface area contributed by atoms with Gasteiger partial charge in [0.05, 0.1) is 45.9 Å². The number of rotatable bonds is 7. The quantitative estimate of drug-likeness (QED) is 0.373. The lowest BCUT2D eigenvalue weighted by Gasteiger charge is -2.40. The van der Waals surface area contributed by atoms with Crippen molar-refractivity contribution in [2.24, 2.45) is 16.7 Å². The smallest absolute Gasteiger partial charge is 0.433 e. The lowest BCUT2D eigenvalue weighted by atomic mass is 9.67. The molecule has 0 unspecified atom stereocenters. The normalized spacial score (nSPS) is 19.5. The van der Waals surface area contributed by atoms with Crippen molar-refractivity contribution in [2.75, 3.05) is 13.1 Å². The first kappa shape index (κ1) is 30.9. The Labute approximate surface area is 234 Å². The van der Waals surface area contributed by atoms with Crippen LogP contribution in [0.3, 0.4) is 0 Å². The molecular formula is C26H31Cl2F3N4O4.